The van der Waals surface area contributed by atoms with E-state index >= 15 is 0 Å². The number of carbonyl (C=O) groups is 4. The molecule has 1 aliphatic carbocycles. The molecule has 4 N–H and O–H groups in total. The first-order valence-electron chi connectivity index (χ1n) is 15.5. The second kappa shape index (κ2) is 14.0. The maximum absolute atomic E-state index is 13.5. The van der Waals surface area contributed by atoms with E-state index in [1.54, 1.807) is 19.1 Å². The Morgan fingerprint density at radius 1 is 1.02 bits per heavy atom. The van der Waals surface area contributed by atoms with Gasteiger partial charge in [-0.15, -0.1) is 5.10 Å². The molecule has 47 heavy (non-hydrogen) atoms. The molecule has 5 rings (SSSR count). The highest BCUT2D eigenvalue weighted by Crippen LogP contribution is 2.39. The molecule has 2 amide bonds. The third-order valence-electron chi connectivity index (χ3n) is 8.94. The van der Waals surface area contributed by atoms with Crippen LogP contribution in [0.25, 0.3) is 11.0 Å². The monoisotopic (exact) mass is 643 g/mol. The summed E-state index contributed by atoms with van der Waals surface area (Å²) in [6, 6.07) is 12.6. The van der Waals surface area contributed by atoms with Gasteiger partial charge in [-0.3, -0.25) is 19.2 Å². The van der Waals surface area contributed by atoms with Gasteiger partial charge < -0.3 is 25.3 Å². The van der Waals surface area contributed by atoms with Gasteiger partial charge in [0.05, 0.1) is 36.6 Å². The van der Waals surface area contributed by atoms with Gasteiger partial charge in [0.25, 0.3) is 0 Å². The molecule has 1 saturated carbocycles. The second-order valence-corrected chi connectivity index (χ2v) is 12.2. The van der Waals surface area contributed by atoms with Crippen molar-refractivity contribution in [2.45, 2.75) is 76.8 Å². The van der Waals surface area contributed by atoms with Crippen LogP contribution in [0.15, 0.2) is 63.9 Å². The molecule has 2 atom stereocenters. The standard InChI is InChI=1S/C34H37N5O8/c1-20-24-14-13-23(16-27(24)47-33(46)25(20)17-30(41)42)35-32(45)26(18-31(43)44)39-19-28(37-38-39)34(2,22-11-7-4-8-12-22)36-29(40)15-21-9-5-3-6-10-21/h3,5-6,9-10,13-14,16,19,22,26H,4,7-8,11-12,15,17-18H2,1-2H3,(H,35,45)(H,36,40)(H,41,42)(H,43,44). The Morgan fingerprint density at radius 2 is 1.74 bits per heavy atom. The van der Waals surface area contributed by atoms with E-state index in [9.17, 15) is 29.1 Å². The smallest absolute Gasteiger partial charge is 0.340 e. The summed E-state index contributed by atoms with van der Waals surface area (Å²) in [6.45, 7) is 3.52. The van der Waals surface area contributed by atoms with Gasteiger partial charge in [-0.2, -0.15) is 0 Å². The number of nitrogens with one attached hydrogen (secondary N) is 2. The fourth-order valence-electron chi connectivity index (χ4n) is 6.36. The predicted octanol–water partition coefficient (Wildman–Crippen LogP) is 4.13. The van der Waals surface area contributed by atoms with Crippen LogP contribution >= 0.6 is 0 Å². The van der Waals surface area contributed by atoms with Gasteiger partial charge in [-0.05, 0) is 55.9 Å². The Hall–Kier alpha value is -5.33. The zero-order chi connectivity index (χ0) is 33.7. The highest BCUT2D eigenvalue weighted by Gasteiger charge is 2.41. The normalized spacial score (nSPS) is 15.4. The van der Waals surface area contributed by atoms with E-state index in [0.29, 0.717) is 16.6 Å². The van der Waals surface area contributed by atoms with E-state index in [4.69, 9.17) is 9.52 Å². The Morgan fingerprint density at radius 3 is 2.43 bits per heavy atom. The van der Waals surface area contributed by atoms with E-state index < -0.39 is 47.9 Å². The zero-order valence-electron chi connectivity index (χ0n) is 26.2. The minimum absolute atomic E-state index is 0.0294. The number of anilines is 1. The summed E-state index contributed by atoms with van der Waals surface area (Å²) in [5.41, 5.74) is 0.419. The molecule has 0 aliphatic heterocycles. The number of carboxylic acid groups (broad SMARTS) is 2. The van der Waals surface area contributed by atoms with Gasteiger partial charge in [-0.1, -0.05) is 54.8 Å². The zero-order valence-corrected chi connectivity index (χ0v) is 26.2. The van der Waals surface area contributed by atoms with Crippen LogP contribution in [0.3, 0.4) is 0 Å². The topological polar surface area (TPSA) is 194 Å². The molecule has 246 valence electrons. The summed E-state index contributed by atoms with van der Waals surface area (Å²) in [6.07, 6.45) is 5.43. The number of aliphatic carboxylic acids is 2. The fraction of sp³-hybridized carbons (Fsp3) is 0.382. The van der Waals surface area contributed by atoms with Gasteiger partial charge in [0.2, 0.25) is 11.8 Å². The molecule has 4 aromatic rings. The highest BCUT2D eigenvalue weighted by molar-refractivity contribution is 5.97. The van der Waals surface area contributed by atoms with Crippen molar-refractivity contribution in [2.75, 3.05) is 5.32 Å². The number of rotatable bonds is 12. The molecule has 2 aromatic carbocycles. The molecule has 13 nitrogen and oxygen atoms in total. The molecule has 1 aliphatic rings. The Labute approximate surface area is 270 Å². The van der Waals surface area contributed by atoms with Crippen LogP contribution in [-0.2, 0) is 37.6 Å². The Kier molecular flexibility index (Phi) is 9.83. The van der Waals surface area contributed by atoms with Crippen molar-refractivity contribution in [1.82, 2.24) is 20.3 Å². The van der Waals surface area contributed by atoms with Crippen LogP contribution < -0.4 is 16.3 Å². The van der Waals surface area contributed by atoms with Gasteiger partial charge in [-0.25, -0.2) is 9.48 Å². The third-order valence-corrected chi connectivity index (χ3v) is 8.94. The maximum atomic E-state index is 13.5. The van der Waals surface area contributed by atoms with E-state index in [1.165, 1.54) is 16.9 Å². The lowest BCUT2D eigenvalue weighted by atomic mass is 9.74. The van der Waals surface area contributed by atoms with Crippen molar-refractivity contribution >= 4 is 40.4 Å². The number of hydrogen-bond donors (Lipinski definition) is 4. The lowest BCUT2D eigenvalue weighted by Gasteiger charge is -2.39. The first-order valence-corrected chi connectivity index (χ1v) is 15.5. The van der Waals surface area contributed by atoms with Gasteiger partial charge >= 0.3 is 17.6 Å². The van der Waals surface area contributed by atoms with E-state index in [0.717, 1.165) is 37.7 Å². The molecule has 2 unspecified atom stereocenters. The fourth-order valence-corrected chi connectivity index (χ4v) is 6.36. The number of nitrogens with zero attached hydrogens (tertiary/aromatic N) is 3. The first-order chi connectivity index (χ1) is 22.4. The molecular formula is C34H37N5O8. The summed E-state index contributed by atoms with van der Waals surface area (Å²) in [5, 5.41) is 33.7. The lowest BCUT2D eigenvalue weighted by Crippen LogP contribution is -2.50. The summed E-state index contributed by atoms with van der Waals surface area (Å²) in [5.74, 6) is -3.23. The number of benzene rings is 2. The molecule has 0 saturated heterocycles. The van der Waals surface area contributed by atoms with Crippen LogP contribution in [-0.4, -0.2) is 49.0 Å². The molecule has 1 fully saturated rings. The maximum Gasteiger partial charge on any atom is 0.340 e. The van der Waals surface area contributed by atoms with Crippen LogP contribution in [0, 0.1) is 12.8 Å². The van der Waals surface area contributed by atoms with Crippen LogP contribution in [0.2, 0.25) is 0 Å². The van der Waals surface area contributed by atoms with Crippen molar-refractivity contribution in [2.24, 2.45) is 5.92 Å². The Bertz CT molecular complexity index is 1860. The molecule has 0 spiro atoms. The first kappa shape index (κ1) is 33.0. The van der Waals surface area contributed by atoms with E-state index in [2.05, 4.69) is 20.9 Å². The molecule has 0 radical (unpaired) electrons. The number of aryl methyl sites for hydroxylation is 1. The SMILES string of the molecule is Cc1c(CC(=O)O)c(=O)oc2cc(NC(=O)C(CC(=O)O)n3cc(C(C)(NC(=O)Cc4ccccc4)C4CCCCC4)nn3)ccc12. The number of fused-ring (bicyclic) bond motifs is 1. The summed E-state index contributed by atoms with van der Waals surface area (Å²) >= 11 is 0. The van der Waals surface area contributed by atoms with Crippen LogP contribution in [0.4, 0.5) is 5.69 Å². The summed E-state index contributed by atoms with van der Waals surface area (Å²) in [4.78, 5) is 62.4. The van der Waals surface area contributed by atoms with Crippen molar-refractivity contribution in [3.05, 3.63) is 87.5 Å². The Balaban J connectivity index is 1.41. The van der Waals surface area contributed by atoms with Crippen molar-refractivity contribution in [3.63, 3.8) is 0 Å². The van der Waals surface area contributed by atoms with Crippen molar-refractivity contribution in [1.29, 1.82) is 0 Å². The largest absolute Gasteiger partial charge is 0.481 e. The highest BCUT2D eigenvalue weighted by atomic mass is 16.4. The number of carbonyl (C=O) groups excluding carboxylic acids is 2. The minimum atomic E-state index is -1.30. The number of amides is 2. The number of hydrogen-bond acceptors (Lipinski definition) is 8. The van der Waals surface area contributed by atoms with Crippen molar-refractivity contribution < 1.29 is 33.8 Å². The van der Waals surface area contributed by atoms with Gasteiger partial charge in [0.15, 0.2) is 0 Å². The molecule has 2 heterocycles. The quantitative estimate of drug-likeness (QED) is 0.163. The van der Waals surface area contributed by atoms with Crippen LogP contribution in [0.5, 0.6) is 0 Å². The summed E-state index contributed by atoms with van der Waals surface area (Å²) in [7, 11) is 0. The molecule has 2 aromatic heterocycles. The molecular weight excluding hydrogens is 606 g/mol. The van der Waals surface area contributed by atoms with Gasteiger partial charge in [0.1, 0.15) is 17.3 Å². The summed E-state index contributed by atoms with van der Waals surface area (Å²) < 4.78 is 6.55. The minimum Gasteiger partial charge on any atom is -0.481 e. The average molecular weight is 644 g/mol. The average Bonchev–Trinajstić information content (AvgIpc) is 3.53. The molecule has 0 bridgehead atoms. The second-order valence-electron chi connectivity index (χ2n) is 12.2. The van der Waals surface area contributed by atoms with Crippen molar-refractivity contribution in [3.8, 4) is 0 Å². The number of aromatic nitrogens is 3. The van der Waals surface area contributed by atoms with E-state index in [1.807, 2.05) is 37.3 Å². The molecule has 13 heteroatoms. The van der Waals surface area contributed by atoms with E-state index in [-0.39, 0.29) is 35.1 Å². The lowest BCUT2D eigenvalue weighted by molar-refractivity contribution is -0.140. The third kappa shape index (κ3) is 7.56. The number of carboxylic acids is 2. The predicted molar refractivity (Wildman–Crippen MR) is 171 cm³/mol. The van der Waals surface area contributed by atoms with Crippen LogP contribution in [0.1, 0.15) is 73.9 Å². The van der Waals surface area contributed by atoms with Gasteiger partial charge in [0, 0.05) is 17.1 Å².